The van der Waals surface area contributed by atoms with E-state index in [1.54, 1.807) is 18.5 Å². The first-order valence-electron chi connectivity index (χ1n) is 5.13. The van der Waals surface area contributed by atoms with Gasteiger partial charge < -0.3 is 10.3 Å². The number of nitro benzene ring substituents is 1. The molecule has 0 bridgehead atoms. The number of hydrogen-bond acceptors (Lipinski definition) is 4. The molecule has 0 aliphatic heterocycles. The van der Waals surface area contributed by atoms with Crippen molar-refractivity contribution in [3.8, 4) is 0 Å². The van der Waals surface area contributed by atoms with Crippen molar-refractivity contribution in [2.24, 2.45) is 5.73 Å². The highest BCUT2D eigenvalue weighted by Crippen LogP contribution is 2.14. The van der Waals surface area contributed by atoms with Gasteiger partial charge in [0, 0.05) is 31.4 Å². The number of aromatic nitrogens is 2. The molecule has 2 N–H and O–H groups in total. The van der Waals surface area contributed by atoms with Crippen LogP contribution in [0.25, 0.3) is 0 Å². The number of nitrogens with zero attached hydrogens (tertiary/aromatic N) is 3. The minimum Gasteiger partial charge on any atom is -0.333 e. The standard InChI is InChI=1S/C11H12N4O2/c12-5-10-7-14(8-13-10)6-9-2-1-3-11(4-9)15(16)17/h1-4,7-8H,5-6,12H2. The summed E-state index contributed by atoms with van der Waals surface area (Å²) in [6.07, 6.45) is 3.50. The fourth-order valence-electron chi connectivity index (χ4n) is 1.58. The van der Waals surface area contributed by atoms with Crippen LogP contribution >= 0.6 is 0 Å². The van der Waals surface area contributed by atoms with E-state index in [2.05, 4.69) is 4.98 Å². The number of imidazole rings is 1. The summed E-state index contributed by atoms with van der Waals surface area (Å²) < 4.78 is 1.85. The quantitative estimate of drug-likeness (QED) is 0.635. The van der Waals surface area contributed by atoms with E-state index in [0.717, 1.165) is 11.3 Å². The molecule has 88 valence electrons. The minimum atomic E-state index is -0.400. The maximum absolute atomic E-state index is 10.6. The number of nitro groups is 1. The molecular formula is C11H12N4O2. The van der Waals surface area contributed by atoms with E-state index < -0.39 is 4.92 Å². The zero-order valence-electron chi connectivity index (χ0n) is 9.11. The van der Waals surface area contributed by atoms with Crippen molar-refractivity contribution in [1.29, 1.82) is 0 Å². The lowest BCUT2D eigenvalue weighted by Gasteiger charge is -2.01. The zero-order valence-corrected chi connectivity index (χ0v) is 9.11. The van der Waals surface area contributed by atoms with Crippen LogP contribution in [0, 0.1) is 10.1 Å². The minimum absolute atomic E-state index is 0.0988. The molecule has 1 aromatic heterocycles. The van der Waals surface area contributed by atoms with Gasteiger partial charge in [-0.25, -0.2) is 4.98 Å². The Bertz CT molecular complexity index is 536. The number of nitrogens with two attached hydrogens (primary N) is 1. The van der Waals surface area contributed by atoms with Gasteiger partial charge in [0.25, 0.3) is 5.69 Å². The average Bonchev–Trinajstić information content (AvgIpc) is 2.77. The molecule has 0 amide bonds. The summed E-state index contributed by atoms with van der Waals surface area (Å²) in [5.74, 6) is 0. The fourth-order valence-corrected chi connectivity index (χ4v) is 1.58. The lowest BCUT2D eigenvalue weighted by Crippen LogP contribution is -1.98. The maximum atomic E-state index is 10.6. The van der Waals surface area contributed by atoms with Gasteiger partial charge in [0.1, 0.15) is 0 Å². The Balaban J connectivity index is 2.18. The summed E-state index contributed by atoms with van der Waals surface area (Å²) in [4.78, 5) is 14.3. The summed E-state index contributed by atoms with van der Waals surface area (Å²) in [6, 6.07) is 6.55. The van der Waals surface area contributed by atoms with Gasteiger partial charge in [0.2, 0.25) is 0 Å². The first kappa shape index (κ1) is 11.3. The Kier molecular flexibility index (Phi) is 3.15. The second-order valence-electron chi connectivity index (χ2n) is 3.67. The van der Waals surface area contributed by atoms with E-state index in [0.29, 0.717) is 13.1 Å². The molecular weight excluding hydrogens is 220 g/mol. The van der Waals surface area contributed by atoms with Crippen molar-refractivity contribution in [3.63, 3.8) is 0 Å². The molecule has 0 atom stereocenters. The highest BCUT2D eigenvalue weighted by atomic mass is 16.6. The number of hydrogen-bond donors (Lipinski definition) is 1. The van der Waals surface area contributed by atoms with Gasteiger partial charge in [-0.15, -0.1) is 0 Å². The summed E-state index contributed by atoms with van der Waals surface area (Å²) in [7, 11) is 0. The van der Waals surface area contributed by atoms with Gasteiger partial charge in [-0.3, -0.25) is 10.1 Å². The highest BCUT2D eigenvalue weighted by molar-refractivity contribution is 5.34. The molecule has 0 spiro atoms. The Morgan fingerprint density at radius 1 is 1.47 bits per heavy atom. The second-order valence-corrected chi connectivity index (χ2v) is 3.67. The summed E-state index contributed by atoms with van der Waals surface area (Å²) in [5, 5.41) is 10.6. The molecule has 0 saturated heterocycles. The molecule has 0 radical (unpaired) electrons. The Hall–Kier alpha value is -2.21. The van der Waals surface area contributed by atoms with E-state index in [4.69, 9.17) is 5.73 Å². The van der Waals surface area contributed by atoms with Crippen LogP contribution in [0.15, 0.2) is 36.8 Å². The molecule has 2 rings (SSSR count). The molecule has 0 aliphatic rings. The van der Waals surface area contributed by atoms with Crippen molar-refractivity contribution in [2.75, 3.05) is 0 Å². The first-order chi connectivity index (χ1) is 8.19. The fraction of sp³-hybridized carbons (Fsp3) is 0.182. The van der Waals surface area contributed by atoms with E-state index in [1.807, 2.05) is 16.8 Å². The summed E-state index contributed by atoms with van der Waals surface area (Å²) >= 11 is 0. The predicted octanol–water partition coefficient (Wildman–Crippen LogP) is 1.30. The summed E-state index contributed by atoms with van der Waals surface area (Å²) in [5.41, 5.74) is 7.22. The van der Waals surface area contributed by atoms with Crippen LogP contribution in [0.4, 0.5) is 5.69 Å². The van der Waals surface area contributed by atoms with E-state index >= 15 is 0 Å². The normalized spacial score (nSPS) is 10.4. The molecule has 0 aliphatic carbocycles. The Morgan fingerprint density at radius 2 is 2.29 bits per heavy atom. The van der Waals surface area contributed by atoms with Crippen molar-refractivity contribution in [1.82, 2.24) is 9.55 Å². The van der Waals surface area contributed by atoms with Crippen molar-refractivity contribution < 1.29 is 4.92 Å². The number of non-ortho nitro benzene ring substituents is 1. The van der Waals surface area contributed by atoms with Crippen LogP contribution in [-0.4, -0.2) is 14.5 Å². The summed E-state index contributed by atoms with van der Waals surface area (Å²) in [6.45, 7) is 0.941. The van der Waals surface area contributed by atoms with E-state index in [9.17, 15) is 10.1 Å². The topological polar surface area (TPSA) is 87.0 Å². The monoisotopic (exact) mass is 232 g/mol. The van der Waals surface area contributed by atoms with Crippen LogP contribution in [0.3, 0.4) is 0 Å². The molecule has 0 unspecified atom stereocenters. The Labute approximate surface area is 97.9 Å². The third kappa shape index (κ3) is 2.67. The maximum Gasteiger partial charge on any atom is 0.269 e. The average molecular weight is 232 g/mol. The molecule has 0 saturated carbocycles. The molecule has 6 nitrogen and oxygen atoms in total. The van der Waals surface area contributed by atoms with Crippen LogP contribution in [-0.2, 0) is 13.1 Å². The zero-order chi connectivity index (χ0) is 12.3. The number of benzene rings is 1. The Morgan fingerprint density at radius 3 is 2.94 bits per heavy atom. The predicted molar refractivity (Wildman–Crippen MR) is 62.3 cm³/mol. The van der Waals surface area contributed by atoms with Crippen molar-refractivity contribution in [3.05, 3.63) is 58.2 Å². The van der Waals surface area contributed by atoms with E-state index in [-0.39, 0.29) is 5.69 Å². The van der Waals surface area contributed by atoms with Crippen molar-refractivity contribution in [2.45, 2.75) is 13.1 Å². The van der Waals surface area contributed by atoms with Crippen molar-refractivity contribution >= 4 is 5.69 Å². The lowest BCUT2D eigenvalue weighted by molar-refractivity contribution is -0.384. The molecule has 2 aromatic rings. The van der Waals surface area contributed by atoms with Gasteiger partial charge in [-0.05, 0) is 5.56 Å². The highest BCUT2D eigenvalue weighted by Gasteiger charge is 2.06. The first-order valence-corrected chi connectivity index (χ1v) is 5.13. The second kappa shape index (κ2) is 4.75. The SMILES string of the molecule is NCc1cn(Cc2cccc([N+](=O)[O-])c2)cn1. The van der Waals surface area contributed by atoms with Crippen LogP contribution in [0.1, 0.15) is 11.3 Å². The van der Waals surface area contributed by atoms with Gasteiger partial charge in [0.15, 0.2) is 0 Å². The molecule has 0 fully saturated rings. The largest absolute Gasteiger partial charge is 0.333 e. The van der Waals surface area contributed by atoms with Gasteiger partial charge in [-0.1, -0.05) is 12.1 Å². The van der Waals surface area contributed by atoms with Crippen LogP contribution < -0.4 is 5.73 Å². The molecule has 17 heavy (non-hydrogen) atoms. The van der Waals surface area contributed by atoms with Gasteiger partial charge in [0.05, 0.1) is 16.9 Å². The third-order valence-electron chi connectivity index (χ3n) is 2.38. The molecule has 6 heteroatoms. The number of rotatable bonds is 4. The van der Waals surface area contributed by atoms with Gasteiger partial charge in [-0.2, -0.15) is 0 Å². The molecule has 1 heterocycles. The molecule has 1 aromatic carbocycles. The lowest BCUT2D eigenvalue weighted by atomic mass is 10.2. The van der Waals surface area contributed by atoms with Crippen LogP contribution in [0.2, 0.25) is 0 Å². The van der Waals surface area contributed by atoms with Gasteiger partial charge >= 0.3 is 0 Å². The third-order valence-corrected chi connectivity index (χ3v) is 2.38. The van der Waals surface area contributed by atoms with E-state index in [1.165, 1.54) is 6.07 Å². The van der Waals surface area contributed by atoms with Crippen LogP contribution in [0.5, 0.6) is 0 Å². The smallest absolute Gasteiger partial charge is 0.269 e.